The first-order chi connectivity index (χ1) is 11.8. The molecule has 0 atom stereocenters. The van der Waals surface area contributed by atoms with Gasteiger partial charge in [0.25, 0.3) is 0 Å². The van der Waals surface area contributed by atoms with Crippen molar-refractivity contribution >= 4 is 28.8 Å². The van der Waals surface area contributed by atoms with Crippen molar-refractivity contribution in [1.82, 2.24) is 10.4 Å². The number of amides is 1. The third-order valence-electron chi connectivity index (χ3n) is 3.49. The van der Waals surface area contributed by atoms with E-state index in [0.29, 0.717) is 13.2 Å². The lowest BCUT2D eigenvalue weighted by Gasteiger charge is -2.26. The van der Waals surface area contributed by atoms with Crippen LogP contribution < -0.4 is 10.3 Å². The van der Waals surface area contributed by atoms with Crippen LogP contribution in [0.1, 0.15) is 4.88 Å². The zero-order valence-corrected chi connectivity index (χ0v) is 14.1. The number of methoxy groups -OCH3 is 1. The highest BCUT2D eigenvalue weighted by Crippen LogP contribution is 2.32. The molecule has 24 heavy (non-hydrogen) atoms. The summed E-state index contributed by atoms with van der Waals surface area (Å²) < 4.78 is 9.90. The quantitative estimate of drug-likeness (QED) is 0.679. The van der Waals surface area contributed by atoms with Gasteiger partial charge in [0.1, 0.15) is 0 Å². The van der Waals surface area contributed by atoms with Gasteiger partial charge in [-0.15, -0.1) is 0 Å². The summed E-state index contributed by atoms with van der Waals surface area (Å²) >= 11 is 1.54. The molecule has 0 bridgehead atoms. The third-order valence-corrected chi connectivity index (χ3v) is 4.54. The molecule has 1 fully saturated rings. The predicted molar refractivity (Wildman–Crippen MR) is 93.7 cm³/mol. The molecule has 1 aromatic carbocycles. The predicted octanol–water partition coefficient (Wildman–Crippen LogP) is 2.34. The van der Waals surface area contributed by atoms with Gasteiger partial charge in [-0.1, -0.05) is 41.7 Å². The van der Waals surface area contributed by atoms with Crippen molar-refractivity contribution in [2.24, 2.45) is 5.10 Å². The number of anilines is 1. The highest BCUT2D eigenvalue weighted by atomic mass is 32.1. The molecule has 8 heteroatoms. The first-order valence-corrected chi connectivity index (χ1v) is 8.35. The molecule has 1 aromatic heterocycles. The van der Waals surface area contributed by atoms with E-state index in [1.165, 1.54) is 18.4 Å². The van der Waals surface area contributed by atoms with E-state index in [1.54, 1.807) is 6.21 Å². The molecule has 1 amide bonds. The van der Waals surface area contributed by atoms with Gasteiger partial charge < -0.3 is 14.4 Å². The van der Waals surface area contributed by atoms with E-state index in [0.717, 1.165) is 34.4 Å². The van der Waals surface area contributed by atoms with Crippen LogP contribution in [0.5, 0.6) is 0 Å². The second-order valence-corrected chi connectivity index (χ2v) is 6.05. The average Bonchev–Trinajstić information content (AvgIpc) is 3.07. The second kappa shape index (κ2) is 7.89. The number of nitrogens with one attached hydrogen (secondary N) is 1. The minimum atomic E-state index is -0.606. The molecular weight excluding hydrogens is 328 g/mol. The normalized spacial score (nSPS) is 14.8. The number of carbonyl (C=O) groups is 1. The SMILES string of the molecule is COC(=O)N/N=C\c1sc(N2CCOCC2)nc1-c1ccccc1. The van der Waals surface area contributed by atoms with E-state index < -0.39 is 6.09 Å². The van der Waals surface area contributed by atoms with E-state index in [1.807, 2.05) is 30.3 Å². The molecule has 1 N–H and O–H groups in total. The number of carbonyl (C=O) groups excluding carboxylic acids is 1. The monoisotopic (exact) mass is 346 g/mol. The maximum Gasteiger partial charge on any atom is 0.427 e. The molecule has 126 valence electrons. The van der Waals surface area contributed by atoms with Crippen LogP contribution in [-0.2, 0) is 9.47 Å². The van der Waals surface area contributed by atoms with E-state index in [4.69, 9.17) is 9.72 Å². The Balaban J connectivity index is 1.89. The number of hydrogen-bond donors (Lipinski definition) is 1. The van der Waals surface area contributed by atoms with E-state index in [2.05, 4.69) is 20.2 Å². The van der Waals surface area contributed by atoms with E-state index in [9.17, 15) is 4.79 Å². The maximum absolute atomic E-state index is 11.1. The first kappa shape index (κ1) is 16.4. The number of aromatic nitrogens is 1. The Hall–Kier alpha value is -2.45. The van der Waals surface area contributed by atoms with Crippen LogP contribution in [0.3, 0.4) is 0 Å². The Labute approximate surface area is 143 Å². The van der Waals surface area contributed by atoms with Crippen LogP contribution in [0.15, 0.2) is 35.4 Å². The topological polar surface area (TPSA) is 76.0 Å². The molecule has 0 unspecified atom stereocenters. The smallest absolute Gasteiger partial charge is 0.427 e. The van der Waals surface area contributed by atoms with Crippen molar-refractivity contribution in [1.29, 1.82) is 0 Å². The van der Waals surface area contributed by atoms with Crippen LogP contribution >= 0.6 is 11.3 Å². The van der Waals surface area contributed by atoms with Crippen molar-refractivity contribution in [2.45, 2.75) is 0 Å². The van der Waals surface area contributed by atoms with Crippen molar-refractivity contribution in [3.05, 3.63) is 35.2 Å². The number of thiazole rings is 1. The summed E-state index contributed by atoms with van der Waals surface area (Å²) in [6.07, 6.45) is 0.992. The van der Waals surface area contributed by atoms with Gasteiger partial charge in [-0.2, -0.15) is 5.10 Å². The highest BCUT2D eigenvalue weighted by Gasteiger charge is 2.18. The lowest BCUT2D eigenvalue weighted by atomic mass is 10.1. The van der Waals surface area contributed by atoms with Crippen molar-refractivity contribution in [2.75, 3.05) is 38.3 Å². The zero-order chi connectivity index (χ0) is 16.8. The number of nitrogens with zero attached hydrogens (tertiary/aromatic N) is 3. The van der Waals surface area contributed by atoms with Gasteiger partial charge in [0, 0.05) is 18.7 Å². The molecule has 1 aliphatic rings. The lowest BCUT2D eigenvalue weighted by molar-refractivity contribution is 0.122. The second-order valence-electron chi connectivity index (χ2n) is 5.04. The molecule has 2 aromatic rings. The molecule has 0 saturated carbocycles. The Morgan fingerprint density at radius 1 is 1.38 bits per heavy atom. The Kier molecular flexibility index (Phi) is 5.39. The van der Waals surface area contributed by atoms with Gasteiger partial charge in [0.2, 0.25) is 0 Å². The standard InChI is InChI=1S/C16H18N4O3S/c1-22-16(21)19-17-11-13-14(12-5-3-2-4-6-12)18-15(24-13)20-7-9-23-10-8-20/h2-6,11H,7-10H2,1H3,(H,19,21)/b17-11-. The summed E-state index contributed by atoms with van der Waals surface area (Å²) in [5.74, 6) is 0. The van der Waals surface area contributed by atoms with Gasteiger partial charge in [-0.25, -0.2) is 15.2 Å². The first-order valence-electron chi connectivity index (χ1n) is 7.54. The zero-order valence-electron chi connectivity index (χ0n) is 13.3. The van der Waals surface area contributed by atoms with Crippen LogP contribution in [-0.4, -0.2) is 50.7 Å². The molecule has 0 aliphatic carbocycles. The molecule has 0 spiro atoms. The van der Waals surface area contributed by atoms with Crippen LogP contribution in [0.25, 0.3) is 11.3 Å². The van der Waals surface area contributed by atoms with Crippen molar-refractivity contribution < 1.29 is 14.3 Å². The van der Waals surface area contributed by atoms with Gasteiger partial charge in [0.15, 0.2) is 5.13 Å². The van der Waals surface area contributed by atoms with Crippen molar-refractivity contribution in [3.8, 4) is 11.3 Å². The van der Waals surface area contributed by atoms with Crippen molar-refractivity contribution in [3.63, 3.8) is 0 Å². The average molecular weight is 346 g/mol. The van der Waals surface area contributed by atoms with Crippen LogP contribution in [0.4, 0.5) is 9.93 Å². The molecule has 7 nitrogen and oxygen atoms in total. The number of ether oxygens (including phenoxy) is 2. The van der Waals surface area contributed by atoms with Gasteiger partial charge in [-0.05, 0) is 0 Å². The van der Waals surface area contributed by atoms with Crippen LogP contribution in [0, 0.1) is 0 Å². The third kappa shape index (κ3) is 3.90. The minimum absolute atomic E-state index is 0.606. The summed E-state index contributed by atoms with van der Waals surface area (Å²) in [6, 6.07) is 9.91. The van der Waals surface area contributed by atoms with E-state index in [-0.39, 0.29) is 0 Å². The van der Waals surface area contributed by atoms with Gasteiger partial charge in [0.05, 0.1) is 37.1 Å². The molecule has 2 heterocycles. The van der Waals surface area contributed by atoms with Gasteiger partial charge >= 0.3 is 6.09 Å². The van der Waals surface area contributed by atoms with Gasteiger partial charge in [-0.3, -0.25) is 0 Å². The number of hydrazone groups is 1. The molecule has 1 aliphatic heterocycles. The fourth-order valence-electron chi connectivity index (χ4n) is 2.29. The fourth-order valence-corrected chi connectivity index (χ4v) is 3.30. The number of hydrogen-bond acceptors (Lipinski definition) is 7. The number of rotatable bonds is 4. The summed E-state index contributed by atoms with van der Waals surface area (Å²) in [4.78, 5) is 19.0. The molecular formula is C16H18N4O3S. The van der Waals surface area contributed by atoms with Crippen LogP contribution in [0.2, 0.25) is 0 Å². The Morgan fingerprint density at radius 3 is 2.83 bits per heavy atom. The summed E-state index contributed by atoms with van der Waals surface area (Å²) in [6.45, 7) is 3.04. The number of benzene rings is 1. The lowest BCUT2D eigenvalue weighted by Crippen LogP contribution is -2.36. The highest BCUT2D eigenvalue weighted by molar-refractivity contribution is 7.17. The molecule has 0 radical (unpaired) electrons. The molecule has 3 rings (SSSR count). The largest absolute Gasteiger partial charge is 0.452 e. The minimum Gasteiger partial charge on any atom is -0.452 e. The number of morpholine rings is 1. The van der Waals surface area contributed by atoms with E-state index >= 15 is 0 Å². The fraction of sp³-hybridized carbons (Fsp3) is 0.312. The maximum atomic E-state index is 11.1. The molecule has 1 saturated heterocycles. The Bertz CT molecular complexity index is 711. The summed E-state index contributed by atoms with van der Waals surface area (Å²) in [7, 11) is 1.30. The summed E-state index contributed by atoms with van der Waals surface area (Å²) in [5, 5.41) is 4.86. The Morgan fingerprint density at radius 2 is 2.12 bits per heavy atom. The summed E-state index contributed by atoms with van der Waals surface area (Å²) in [5.41, 5.74) is 4.15.